The number of epoxide rings is 1. The molecule has 1 aliphatic rings. The summed E-state index contributed by atoms with van der Waals surface area (Å²) in [6, 6.07) is 9.56. The third kappa shape index (κ3) is 2.39. The minimum Gasteiger partial charge on any atom is -0.355 e. The van der Waals surface area contributed by atoms with E-state index in [1.807, 2.05) is 30.3 Å². The van der Waals surface area contributed by atoms with Crippen LogP contribution < -0.4 is 0 Å². The second-order valence-electron chi connectivity index (χ2n) is 3.08. The van der Waals surface area contributed by atoms with Crippen LogP contribution >= 0.6 is 0 Å². The maximum atomic E-state index is 10.9. The maximum Gasteiger partial charge on any atom is 0.237 e. The van der Waals surface area contributed by atoms with Gasteiger partial charge in [-0.25, -0.2) is 4.21 Å². The van der Waals surface area contributed by atoms with E-state index in [0.717, 1.165) is 5.56 Å². The van der Waals surface area contributed by atoms with Crippen LogP contribution in [0.4, 0.5) is 0 Å². The smallest absolute Gasteiger partial charge is 0.237 e. The summed E-state index contributed by atoms with van der Waals surface area (Å²) in [7, 11) is 0. The first-order chi connectivity index (χ1) is 6.77. The lowest BCUT2D eigenvalue weighted by Crippen LogP contribution is -2.28. The van der Waals surface area contributed by atoms with E-state index in [1.165, 1.54) is 4.31 Å². The zero-order valence-electron chi connectivity index (χ0n) is 7.50. The maximum absolute atomic E-state index is 10.9. The highest BCUT2D eigenvalue weighted by molar-refractivity contribution is 7.76. The van der Waals surface area contributed by atoms with Crippen molar-refractivity contribution in [3.63, 3.8) is 0 Å². The monoisotopic (exact) mass is 213 g/mol. The van der Waals surface area contributed by atoms with Crippen LogP contribution in [-0.4, -0.2) is 25.9 Å². The Labute approximate surface area is 84.9 Å². The lowest BCUT2D eigenvalue weighted by atomic mass is 10.2. The molecule has 1 aromatic carbocycles. The summed E-state index contributed by atoms with van der Waals surface area (Å²) in [5.74, 6) is 0. The molecule has 4 nitrogen and oxygen atoms in total. The third-order valence-electron chi connectivity index (χ3n) is 2.02. The Morgan fingerprint density at radius 3 is 2.64 bits per heavy atom. The summed E-state index contributed by atoms with van der Waals surface area (Å²) >= 11 is -1.96. The predicted octanol–water partition coefficient (Wildman–Crippen LogP) is 0.982. The van der Waals surface area contributed by atoms with Crippen molar-refractivity contribution >= 4 is 11.3 Å². The molecule has 14 heavy (non-hydrogen) atoms. The van der Waals surface area contributed by atoms with Gasteiger partial charge in [0, 0.05) is 6.54 Å². The first kappa shape index (κ1) is 9.79. The summed E-state index contributed by atoms with van der Waals surface area (Å²) < 4.78 is 26.3. The summed E-state index contributed by atoms with van der Waals surface area (Å²) in [4.78, 5) is 0. The lowest BCUT2D eigenvalue weighted by molar-refractivity contribution is 0.260. The van der Waals surface area contributed by atoms with Crippen molar-refractivity contribution in [3.8, 4) is 0 Å². The lowest BCUT2D eigenvalue weighted by Gasteiger charge is -2.14. The Morgan fingerprint density at radius 1 is 1.50 bits per heavy atom. The van der Waals surface area contributed by atoms with Crippen LogP contribution in [0.25, 0.3) is 0 Å². The minimum atomic E-state index is -1.96. The predicted molar refractivity (Wildman–Crippen MR) is 52.5 cm³/mol. The van der Waals surface area contributed by atoms with Crippen molar-refractivity contribution in [1.29, 1.82) is 0 Å². The van der Waals surface area contributed by atoms with E-state index in [0.29, 0.717) is 13.2 Å². The zero-order chi connectivity index (χ0) is 9.97. The fraction of sp³-hybridized carbons (Fsp3) is 0.333. The van der Waals surface area contributed by atoms with Crippen LogP contribution in [0.2, 0.25) is 0 Å². The number of ether oxygens (including phenoxy) is 1. The highest BCUT2D eigenvalue weighted by atomic mass is 32.2. The Balaban J connectivity index is 2.04. The van der Waals surface area contributed by atoms with Gasteiger partial charge in [0.25, 0.3) is 0 Å². The SMILES string of the molecule is O=S(O)N(Cc1ccccc1)C1CO1. The molecule has 0 aromatic heterocycles. The molecule has 0 amide bonds. The summed E-state index contributed by atoms with van der Waals surface area (Å²) in [6.45, 7) is 0.980. The number of rotatable bonds is 4. The van der Waals surface area contributed by atoms with Gasteiger partial charge < -0.3 is 4.74 Å². The van der Waals surface area contributed by atoms with Gasteiger partial charge in [-0.2, -0.15) is 4.31 Å². The van der Waals surface area contributed by atoms with Crippen LogP contribution in [0.5, 0.6) is 0 Å². The summed E-state index contributed by atoms with van der Waals surface area (Å²) in [5.41, 5.74) is 1.01. The average Bonchev–Trinajstić information content (AvgIpc) is 2.99. The molecule has 2 rings (SSSR count). The minimum absolute atomic E-state index is 0.193. The molecule has 1 aliphatic heterocycles. The van der Waals surface area contributed by atoms with Crippen molar-refractivity contribution in [1.82, 2.24) is 4.31 Å². The molecule has 2 unspecified atom stereocenters. The topological polar surface area (TPSA) is 53.1 Å². The number of hydrogen-bond donors (Lipinski definition) is 1. The molecule has 76 valence electrons. The van der Waals surface area contributed by atoms with E-state index in [4.69, 9.17) is 9.29 Å². The second kappa shape index (κ2) is 4.18. The molecule has 2 atom stereocenters. The first-order valence-electron chi connectivity index (χ1n) is 4.30. The number of nitrogens with zero attached hydrogens (tertiary/aromatic N) is 1. The van der Waals surface area contributed by atoms with Crippen molar-refractivity contribution in [2.75, 3.05) is 6.61 Å². The Kier molecular flexibility index (Phi) is 2.93. The first-order valence-corrected chi connectivity index (χ1v) is 5.37. The van der Waals surface area contributed by atoms with Crippen molar-refractivity contribution in [2.45, 2.75) is 12.8 Å². The normalized spacial score (nSPS) is 22.3. The van der Waals surface area contributed by atoms with E-state index < -0.39 is 11.3 Å². The van der Waals surface area contributed by atoms with Crippen LogP contribution in [0, 0.1) is 0 Å². The van der Waals surface area contributed by atoms with E-state index in [9.17, 15) is 4.21 Å². The summed E-state index contributed by atoms with van der Waals surface area (Å²) in [5, 5.41) is 0. The molecule has 1 fully saturated rings. The van der Waals surface area contributed by atoms with Gasteiger partial charge in [0.15, 0.2) is 0 Å². The molecule has 1 saturated heterocycles. The van der Waals surface area contributed by atoms with Crippen molar-refractivity contribution in [2.24, 2.45) is 0 Å². The van der Waals surface area contributed by atoms with Gasteiger partial charge in [-0.05, 0) is 5.56 Å². The fourth-order valence-corrected chi connectivity index (χ4v) is 1.81. The van der Waals surface area contributed by atoms with Crippen molar-refractivity contribution < 1.29 is 13.5 Å². The molecule has 0 aliphatic carbocycles. The molecule has 0 spiro atoms. The molecule has 0 radical (unpaired) electrons. The van der Waals surface area contributed by atoms with Gasteiger partial charge in [-0.3, -0.25) is 4.55 Å². The van der Waals surface area contributed by atoms with E-state index in [2.05, 4.69) is 0 Å². The highest BCUT2D eigenvalue weighted by Crippen LogP contribution is 2.19. The molecule has 1 heterocycles. The van der Waals surface area contributed by atoms with Crippen LogP contribution in [0.3, 0.4) is 0 Å². The molecule has 0 bridgehead atoms. The molecular weight excluding hydrogens is 202 g/mol. The quantitative estimate of drug-likeness (QED) is 0.599. The molecule has 0 saturated carbocycles. The van der Waals surface area contributed by atoms with E-state index in [-0.39, 0.29) is 6.23 Å². The van der Waals surface area contributed by atoms with E-state index >= 15 is 0 Å². The zero-order valence-corrected chi connectivity index (χ0v) is 8.31. The molecule has 1 N–H and O–H groups in total. The Bertz CT molecular complexity index is 326. The Hall–Kier alpha value is -0.750. The molecule has 1 aromatic rings. The van der Waals surface area contributed by atoms with Gasteiger partial charge in [0.1, 0.15) is 6.23 Å². The number of hydrogen-bond acceptors (Lipinski definition) is 2. The highest BCUT2D eigenvalue weighted by Gasteiger charge is 2.33. The van der Waals surface area contributed by atoms with E-state index in [1.54, 1.807) is 0 Å². The standard InChI is InChI=1S/C9H11NO3S/c11-14(12)10(9-7-13-9)6-8-4-2-1-3-5-8/h1-5,9H,6-7H2,(H,11,12). The van der Waals surface area contributed by atoms with Crippen LogP contribution in [-0.2, 0) is 22.5 Å². The second-order valence-corrected chi connectivity index (χ2v) is 4.01. The van der Waals surface area contributed by atoms with Gasteiger partial charge in [0.05, 0.1) is 6.61 Å². The van der Waals surface area contributed by atoms with Crippen molar-refractivity contribution in [3.05, 3.63) is 35.9 Å². The van der Waals surface area contributed by atoms with Gasteiger partial charge >= 0.3 is 0 Å². The molecule has 5 heteroatoms. The largest absolute Gasteiger partial charge is 0.355 e. The third-order valence-corrected chi connectivity index (χ3v) is 2.78. The molecular formula is C9H11NO3S. The van der Waals surface area contributed by atoms with Crippen LogP contribution in [0.15, 0.2) is 30.3 Å². The fourth-order valence-electron chi connectivity index (χ4n) is 1.23. The number of benzene rings is 1. The summed E-state index contributed by atoms with van der Waals surface area (Å²) in [6.07, 6.45) is -0.193. The van der Waals surface area contributed by atoms with Gasteiger partial charge in [0.2, 0.25) is 11.3 Å². The average molecular weight is 213 g/mol. The van der Waals surface area contributed by atoms with Gasteiger partial charge in [-0.15, -0.1) is 0 Å². The Morgan fingerprint density at radius 2 is 2.14 bits per heavy atom. The van der Waals surface area contributed by atoms with Crippen LogP contribution in [0.1, 0.15) is 5.56 Å². The van der Waals surface area contributed by atoms with Gasteiger partial charge in [-0.1, -0.05) is 30.3 Å².